The predicted octanol–water partition coefficient (Wildman–Crippen LogP) is 2.17. The van der Waals surface area contributed by atoms with Gasteiger partial charge in [-0.3, -0.25) is 4.79 Å². The number of carbonyl (C=O) groups is 1. The van der Waals surface area contributed by atoms with Crippen molar-refractivity contribution in [2.45, 2.75) is 19.9 Å². The maximum atomic E-state index is 12.1. The molecular weight excluding hydrogens is 318 g/mol. The van der Waals surface area contributed by atoms with Gasteiger partial charge in [0.05, 0.1) is 12.6 Å². The molecule has 1 heterocycles. The summed E-state index contributed by atoms with van der Waals surface area (Å²) in [5.41, 5.74) is 5.93. The lowest BCUT2D eigenvalue weighted by Crippen LogP contribution is -2.25. The third-order valence-electron chi connectivity index (χ3n) is 3.72. The number of nitrogens with zero attached hydrogens (tertiary/aromatic N) is 4. The molecule has 1 N–H and O–H groups in total. The van der Waals surface area contributed by atoms with Crippen molar-refractivity contribution < 1.29 is 9.53 Å². The van der Waals surface area contributed by atoms with Crippen LogP contribution in [0.15, 0.2) is 53.6 Å². The van der Waals surface area contributed by atoms with Crippen LogP contribution in [0.2, 0.25) is 0 Å². The fraction of sp³-hybridized carbons (Fsp3) is 0.222. The van der Waals surface area contributed by atoms with Gasteiger partial charge in [0.25, 0.3) is 5.91 Å². The van der Waals surface area contributed by atoms with Crippen LogP contribution >= 0.6 is 0 Å². The van der Waals surface area contributed by atoms with Crippen molar-refractivity contribution in [3.05, 3.63) is 54.1 Å². The summed E-state index contributed by atoms with van der Waals surface area (Å²) in [4.78, 5) is 12.1. The normalized spacial score (nSPS) is 11.5. The van der Waals surface area contributed by atoms with E-state index in [2.05, 4.69) is 20.8 Å². The summed E-state index contributed by atoms with van der Waals surface area (Å²) in [6.07, 6.45) is 0.594. The van der Waals surface area contributed by atoms with Crippen LogP contribution in [0.4, 0.5) is 0 Å². The molecule has 0 aliphatic carbocycles. The number of fused-ring (bicyclic) bond motifs is 1. The average molecular weight is 337 g/mol. The van der Waals surface area contributed by atoms with Crippen molar-refractivity contribution in [3.8, 4) is 5.75 Å². The van der Waals surface area contributed by atoms with Gasteiger partial charge in [0.15, 0.2) is 0 Å². The van der Waals surface area contributed by atoms with E-state index in [9.17, 15) is 4.79 Å². The molecular formula is C18H19N5O2. The van der Waals surface area contributed by atoms with E-state index in [0.717, 1.165) is 28.1 Å². The van der Waals surface area contributed by atoms with E-state index in [1.165, 1.54) is 0 Å². The number of methoxy groups -OCH3 is 1. The summed E-state index contributed by atoms with van der Waals surface area (Å²) in [5.74, 6) is 0.549. The fourth-order valence-corrected chi connectivity index (χ4v) is 2.53. The summed E-state index contributed by atoms with van der Waals surface area (Å²) in [6.45, 7) is 1.92. The zero-order valence-electron chi connectivity index (χ0n) is 14.1. The molecule has 0 spiro atoms. The van der Waals surface area contributed by atoms with Gasteiger partial charge in [-0.05, 0) is 30.7 Å². The molecule has 0 aliphatic heterocycles. The second-order valence-electron chi connectivity index (χ2n) is 5.61. The topological polar surface area (TPSA) is 81.4 Å². The van der Waals surface area contributed by atoms with Crippen LogP contribution in [0, 0.1) is 0 Å². The van der Waals surface area contributed by atoms with E-state index in [0.29, 0.717) is 6.42 Å². The number of para-hydroxylation sites is 2. The maximum Gasteiger partial charge on any atom is 0.261 e. The average Bonchev–Trinajstić information content (AvgIpc) is 3.03. The standard InChI is InChI=1S/C18H19N5O2/c1-13(11-14-7-3-6-10-17(14)25-2)19-21-18(24)12-23-16-9-5-4-8-15(16)20-22-23/h3-10H,11-12H2,1-2H3,(H,21,24)/b19-13-. The molecule has 1 amide bonds. The highest BCUT2D eigenvalue weighted by Gasteiger charge is 2.08. The van der Waals surface area contributed by atoms with Crippen LogP contribution < -0.4 is 10.2 Å². The summed E-state index contributed by atoms with van der Waals surface area (Å²) in [5, 5.41) is 12.2. The Kier molecular flexibility index (Phi) is 5.03. The van der Waals surface area contributed by atoms with Crippen LogP contribution in [0.25, 0.3) is 11.0 Å². The molecule has 3 rings (SSSR count). The van der Waals surface area contributed by atoms with Gasteiger partial charge in [-0.1, -0.05) is 35.5 Å². The van der Waals surface area contributed by atoms with Gasteiger partial charge < -0.3 is 4.74 Å². The Bertz CT molecular complexity index is 916. The molecule has 0 saturated heterocycles. The highest BCUT2D eigenvalue weighted by Crippen LogP contribution is 2.18. The second-order valence-corrected chi connectivity index (χ2v) is 5.61. The van der Waals surface area contributed by atoms with Gasteiger partial charge in [-0.2, -0.15) is 5.10 Å². The van der Waals surface area contributed by atoms with Crippen molar-refractivity contribution >= 4 is 22.7 Å². The number of ether oxygens (including phenoxy) is 1. The number of aromatic nitrogens is 3. The first-order valence-corrected chi connectivity index (χ1v) is 7.89. The Labute approximate surface area is 145 Å². The Balaban J connectivity index is 1.62. The van der Waals surface area contributed by atoms with Gasteiger partial charge >= 0.3 is 0 Å². The minimum atomic E-state index is -0.255. The van der Waals surface area contributed by atoms with E-state index < -0.39 is 0 Å². The van der Waals surface area contributed by atoms with Gasteiger partial charge in [0.1, 0.15) is 17.8 Å². The summed E-state index contributed by atoms with van der Waals surface area (Å²) in [6, 6.07) is 15.2. The van der Waals surface area contributed by atoms with Crippen LogP contribution in [-0.4, -0.2) is 33.7 Å². The van der Waals surface area contributed by atoms with Crippen molar-refractivity contribution in [3.63, 3.8) is 0 Å². The Morgan fingerprint density at radius 1 is 1.20 bits per heavy atom. The van der Waals surface area contributed by atoms with Crippen LogP contribution in [0.5, 0.6) is 5.75 Å². The predicted molar refractivity (Wildman–Crippen MR) is 95.5 cm³/mol. The van der Waals surface area contributed by atoms with Gasteiger partial charge in [0.2, 0.25) is 0 Å². The summed E-state index contributed by atoms with van der Waals surface area (Å²) < 4.78 is 6.87. The minimum Gasteiger partial charge on any atom is -0.496 e. The van der Waals surface area contributed by atoms with E-state index in [4.69, 9.17) is 4.74 Å². The first-order chi connectivity index (χ1) is 12.2. The molecule has 0 atom stereocenters. The van der Waals surface area contributed by atoms with Gasteiger partial charge in [-0.25, -0.2) is 10.1 Å². The fourth-order valence-electron chi connectivity index (χ4n) is 2.53. The molecule has 0 fully saturated rings. The second kappa shape index (κ2) is 7.57. The molecule has 25 heavy (non-hydrogen) atoms. The van der Waals surface area contributed by atoms with Gasteiger partial charge in [-0.15, -0.1) is 5.10 Å². The number of rotatable bonds is 6. The molecule has 2 aromatic carbocycles. The van der Waals surface area contributed by atoms with Crippen molar-refractivity contribution in [1.29, 1.82) is 0 Å². The molecule has 1 aromatic heterocycles. The number of hydrazone groups is 1. The SMILES string of the molecule is COc1ccccc1C/C(C)=N\NC(=O)Cn1nnc2ccccc21. The number of amides is 1. The molecule has 0 bridgehead atoms. The largest absolute Gasteiger partial charge is 0.496 e. The Morgan fingerprint density at radius 3 is 2.80 bits per heavy atom. The maximum absolute atomic E-state index is 12.1. The van der Waals surface area contributed by atoms with Crippen LogP contribution in [0.3, 0.4) is 0 Å². The van der Waals surface area contributed by atoms with E-state index in [1.807, 2.05) is 55.5 Å². The van der Waals surface area contributed by atoms with Crippen molar-refractivity contribution in [1.82, 2.24) is 20.4 Å². The zero-order chi connectivity index (χ0) is 17.6. The molecule has 0 radical (unpaired) electrons. The highest BCUT2D eigenvalue weighted by atomic mass is 16.5. The molecule has 7 heteroatoms. The molecule has 0 saturated carbocycles. The third-order valence-corrected chi connectivity index (χ3v) is 3.72. The number of benzene rings is 2. The number of nitrogens with one attached hydrogen (secondary N) is 1. The van der Waals surface area contributed by atoms with Crippen molar-refractivity contribution in [2.75, 3.05) is 7.11 Å². The lowest BCUT2D eigenvalue weighted by atomic mass is 10.1. The highest BCUT2D eigenvalue weighted by molar-refractivity contribution is 5.86. The lowest BCUT2D eigenvalue weighted by Gasteiger charge is -2.08. The zero-order valence-corrected chi connectivity index (χ0v) is 14.1. The molecule has 0 aliphatic rings. The molecule has 7 nitrogen and oxygen atoms in total. The van der Waals surface area contributed by atoms with E-state index >= 15 is 0 Å². The minimum absolute atomic E-state index is 0.0615. The van der Waals surface area contributed by atoms with E-state index in [1.54, 1.807) is 11.8 Å². The Hall–Kier alpha value is -3.22. The van der Waals surface area contributed by atoms with Crippen LogP contribution in [0.1, 0.15) is 12.5 Å². The first-order valence-electron chi connectivity index (χ1n) is 7.89. The third kappa shape index (κ3) is 4.00. The number of hydrogen-bond donors (Lipinski definition) is 1. The van der Waals surface area contributed by atoms with Gasteiger partial charge in [0, 0.05) is 12.1 Å². The van der Waals surface area contributed by atoms with Crippen molar-refractivity contribution in [2.24, 2.45) is 5.10 Å². The lowest BCUT2D eigenvalue weighted by molar-refractivity contribution is -0.121. The number of hydrogen-bond acceptors (Lipinski definition) is 5. The summed E-state index contributed by atoms with van der Waals surface area (Å²) >= 11 is 0. The first kappa shape index (κ1) is 16.6. The Morgan fingerprint density at radius 2 is 1.96 bits per heavy atom. The molecule has 0 unspecified atom stereocenters. The monoisotopic (exact) mass is 337 g/mol. The summed E-state index contributed by atoms with van der Waals surface area (Å²) in [7, 11) is 1.63. The van der Waals surface area contributed by atoms with E-state index in [-0.39, 0.29) is 12.5 Å². The molecule has 3 aromatic rings. The number of carbonyl (C=O) groups excluding carboxylic acids is 1. The molecule has 128 valence electrons. The van der Waals surface area contributed by atoms with Crippen LogP contribution in [-0.2, 0) is 17.8 Å². The quantitative estimate of drug-likeness (QED) is 0.552. The smallest absolute Gasteiger partial charge is 0.261 e.